The van der Waals surface area contributed by atoms with Crippen LogP contribution in [0.3, 0.4) is 0 Å². The van der Waals surface area contributed by atoms with E-state index in [2.05, 4.69) is 4.98 Å². The van der Waals surface area contributed by atoms with Crippen molar-refractivity contribution in [3.8, 4) is 0 Å². The number of hydrogen-bond donors (Lipinski definition) is 0. The molecule has 0 saturated carbocycles. The molecular weight excluding hydrogens is 474 g/mol. The minimum Gasteiger partial charge on any atom is -0.462 e. The Balaban J connectivity index is 1.73. The number of amides is 1. The first-order valence-electron chi connectivity index (χ1n) is 10.6. The molecule has 2 aromatic carbocycles. The van der Waals surface area contributed by atoms with Gasteiger partial charge in [0.15, 0.2) is 10.6 Å². The van der Waals surface area contributed by atoms with E-state index in [1.165, 1.54) is 29.2 Å². The molecule has 2 aromatic heterocycles. The summed E-state index contributed by atoms with van der Waals surface area (Å²) in [5.41, 5.74) is 0.671. The second-order valence-corrected chi connectivity index (χ2v) is 8.71. The lowest BCUT2D eigenvalue weighted by molar-refractivity contribution is -0.384. The van der Waals surface area contributed by atoms with Crippen LogP contribution in [0.25, 0.3) is 11.0 Å². The van der Waals surface area contributed by atoms with Crippen molar-refractivity contribution in [2.24, 2.45) is 0 Å². The number of ether oxygens (including phenoxy) is 1. The summed E-state index contributed by atoms with van der Waals surface area (Å²) in [5.74, 6) is -1.30. The van der Waals surface area contributed by atoms with Crippen molar-refractivity contribution in [3.05, 3.63) is 96.3 Å². The molecule has 0 aliphatic carbocycles. The van der Waals surface area contributed by atoms with Crippen LogP contribution in [0, 0.1) is 17.0 Å². The number of fused-ring (bicyclic) bond motifs is 2. The quantitative estimate of drug-likeness (QED) is 0.228. The van der Waals surface area contributed by atoms with Crippen LogP contribution in [-0.4, -0.2) is 28.4 Å². The highest BCUT2D eigenvalue weighted by Gasteiger charge is 2.45. The Morgan fingerprint density at radius 3 is 2.60 bits per heavy atom. The predicted octanol–water partition coefficient (Wildman–Crippen LogP) is 4.39. The molecule has 0 spiro atoms. The largest absolute Gasteiger partial charge is 0.462 e. The molecule has 5 rings (SSSR count). The number of nitro benzene ring substituents is 1. The normalized spacial score (nSPS) is 14.9. The fourth-order valence-electron chi connectivity index (χ4n) is 4.08. The summed E-state index contributed by atoms with van der Waals surface area (Å²) in [6, 6.07) is 11.2. The van der Waals surface area contributed by atoms with Crippen LogP contribution in [-0.2, 0) is 4.74 Å². The highest BCUT2D eigenvalue weighted by molar-refractivity contribution is 7.17. The van der Waals surface area contributed by atoms with Gasteiger partial charge in [0.25, 0.3) is 11.6 Å². The molecule has 4 aromatic rings. The fourth-order valence-corrected chi connectivity index (χ4v) is 5.07. The summed E-state index contributed by atoms with van der Waals surface area (Å²) in [4.78, 5) is 56.1. The number of thiazole rings is 1. The van der Waals surface area contributed by atoms with Gasteiger partial charge in [-0.25, -0.2) is 9.78 Å². The monoisotopic (exact) mass is 491 g/mol. The van der Waals surface area contributed by atoms with Crippen molar-refractivity contribution < 1.29 is 23.7 Å². The second-order valence-electron chi connectivity index (χ2n) is 7.73. The number of nitro groups is 1. The van der Waals surface area contributed by atoms with E-state index in [-0.39, 0.29) is 44.6 Å². The van der Waals surface area contributed by atoms with Crippen LogP contribution in [0.15, 0.2) is 57.7 Å². The molecule has 0 saturated heterocycles. The van der Waals surface area contributed by atoms with Crippen molar-refractivity contribution in [2.75, 3.05) is 11.5 Å². The number of anilines is 1. The van der Waals surface area contributed by atoms with E-state index >= 15 is 0 Å². The van der Waals surface area contributed by atoms with Crippen LogP contribution >= 0.6 is 11.3 Å². The van der Waals surface area contributed by atoms with E-state index in [4.69, 9.17) is 9.15 Å². The number of para-hydroxylation sites is 1. The number of aryl methyl sites for hydroxylation is 1. The zero-order valence-electron chi connectivity index (χ0n) is 18.5. The molecule has 1 aliphatic heterocycles. The number of carbonyl (C=O) groups is 2. The Morgan fingerprint density at radius 1 is 1.20 bits per heavy atom. The molecule has 1 atom stereocenters. The third-order valence-corrected chi connectivity index (χ3v) is 6.79. The SMILES string of the molecule is CCOC(=O)c1sc(N2C(=O)c3oc4ccccc4c(=O)c3C2c2ccc([N+](=O)[O-])cc2)nc1C. The summed E-state index contributed by atoms with van der Waals surface area (Å²) in [6.07, 6.45) is 0. The third kappa shape index (κ3) is 3.56. The van der Waals surface area contributed by atoms with Crippen LogP contribution in [0.5, 0.6) is 0 Å². The summed E-state index contributed by atoms with van der Waals surface area (Å²) < 4.78 is 11.0. The Hall–Kier alpha value is -4.38. The van der Waals surface area contributed by atoms with Gasteiger partial charge in [0.05, 0.1) is 34.2 Å². The molecule has 0 fully saturated rings. The Labute approximate surface area is 201 Å². The van der Waals surface area contributed by atoms with E-state index in [0.29, 0.717) is 16.6 Å². The van der Waals surface area contributed by atoms with Gasteiger partial charge in [0.1, 0.15) is 10.5 Å². The first kappa shape index (κ1) is 22.4. The smallest absolute Gasteiger partial charge is 0.350 e. The van der Waals surface area contributed by atoms with Crippen molar-refractivity contribution in [2.45, 2.75) is 19.9 Å². The van der Waals surface area contributed by atoms with Gasteiger partial charge in [0.2, 0.25) is 5.76 Å². The molecule has 1 unspecified atom stereocenters. The van der Waals surface area contributed by atoms with E-state index < -0.39 is 22.8 Å². The topological polar surface area (TPSA) is 133 Å². The Kier molecular flexibility index (Phi) is 5.40. The highest BCUT2D eigenvalue weighted by Crippen LogP contribution is 2.43. The molecule has 1 amide bonds. The molecule has 3 heterocycles. The molecule has 176 valence electrons. The Bertz CT molecular complexity index is 1570. The Morgan fingerprint density at radius 2 is 1.91 bits per heavy atom. The molecule has 1 aliphatic rings. The zero-order chi connectivity index (χ0) is 24.9. The van der Waals surface area contributed by atoms with Crippen molar-refractivity contribution in [1.82, 2.24) is 4.98 Å². The van der Waals surface area contributed by atoms with E-state index in [9.17, 15) is 24.5 Å². The lowest BCUT2D eigenvalue weighted by atomic mass is 9.98. The first-order chi connectivity index (χ1) is 16.8. The number of non-ortho nitro benzene ring substituents is 1. The number of aromatic nitrogens is 1. The lowest BCUT2D eigenvalue weighted by Crippen LogP contribution is -2.29. The minimum absolute atomic E-state index is 0.105. The highest BCUT2D eigenvalue weighted by atomic mass is 32.1. The molecule has 0 radical (unpaired) electrons. The molecule has 0 N–H and O–H groups in total. The number of nitrogens with zero attached hydrogens (tertiary/aromatic N) is 3. The average molecular weight is 491 g/mol. The number of carbonyl (C=O) groups excluding carboxylic acids is 2. The molecule has 35 heavy (non-hydrogen) atoms. The zero-order valence-corrected chi connectivity index (χ0v) is 19.3. The van der Waals surface area contributed by atoms with Gasteiger partial charge in [-0.2, -0.15) is 0 Å². The van der Waals surface area contributed by atoms with Gasteiger partial charge in [-0.3, -0.25) is 24.6 Å². The molecular formula is C24H17N3O7S. The number of hydrogen-bond acceptors (Lipinski definition) is 9. The molecule has 11 heteroatoms. The number of rotatable bonds is 5. The minimum atomic E-state index is -0.959. The predicted molar refractivity (Wildman–Crippen MR) is 127 cm³/mol. The second kappa shape index (κ2) is 8.44. The maximum Gasteiger partial charge on any atom is 0.350 e. The van der Waals surface area contributed by atoms with Crippen LogP contribution in [0.4, 0.5) is 10.8 Å². The van der Waals surface area contributed by atoms with Crippen molar-refractivity contribution >= 4 is 45.0 Å². The van der Waals surface area contributed by atoms with Gasteiger partial charge >= 0.3 is 5.97 Å². The third-order valence-electron chi connectivity index (χ3n) is 5.65. The van der Waals surface area contributed by atoms with Crippen molar-refractivity contribution in [3.63, 3.8) is 0 Å². The number of esters is 1. The number of benzene rings is 2. The first-order valence-corrected chi connectivity index (χ1v) is 11.4. The van der Waals surface area contributed by atoms with Gasteiger partial charge < -0.3 is 9.15 Å². The van der Waals surface area contributed by atoms with Crippen LogP contribution < -0.4 is 10.3 Å². The summed E-state index contributed by atoms with van der Waals surface area (Å²) in [7, 11) is 0. The lowest BCUT2D eigenvalue weighted by Gasteiger charge is -2.22. The van der Waals surface area contributed by atoms with Gasteiger partial charge in [-0.1, -0.05) is 23.5 Å². The van der Waals surface area contributed by atoms with Gasteiger partial charge in [0, 0.05) is 12.1 Å². The average Bonchev–Trinajstić information content (AvgIpc) is 3.37. The van der Waals surface area contributed by atoms with E-state index in [0.717, 1.165) is 11.3 Å². The van der Waals surface area contributed by atoms with Gasteiger partial charge in [-0.15, -0.1) is 0 Å². The van der Waals surface area contributed by atoms with Gasteiger partial charge in [-0.05, 0) is 43.7 Å². The summed E-state index contributed by atoms with van der Waals surface area (Å²) in [6.45, 7) is 3.48. The van der Waals surface area contributed by atoms with E-state index in [1.54, 1.807) is 38.1 Å². The maximum absolute atomic E-state index is 13.6. The summed E-state index contributed by atoms with van der Waals surface area (Å²) >= 11 is 0.963. The van der Waals surface area contributed by atoms with E-state index in [1.807, 2.05) is 0 Å². The molecule has 10 nitrogen and oxygen atoms in total. The van der Waals surface area contributed by atoms with Crippen molar-refractivity contribution in [1.29, 1.82) is 0 Å². The standard InChI is InChI=1S/C24H17N3O7S/c1-3-33-23(30)21-12(2)25-24(35-21)26-18(13-8-10-14(11-9-13)27(31)32)17-19(28)15-6-4-5-7-16(15)34-20(17)22(26)29/h4-11,18H,3H2,1-2H3. The fraction of sp³-hybridized carbons (Fsp3) is 0.167. The maximum atomic E-state index is 13.6. The summed E-state index contributed by atoms with van der Waals surface area (Å²) in [5, 5.41) is 11.6. The molecule has 0 bridgehead atoms. The van der Waals surface area contributed by atoms with Crippen LogP contribution in [0.2, 0.25) is 0 Å². The van der Waals surface area contributed by atoms with Crippen LogP contribution in [0.1, 0.15) is 50.0 Å².